The summed E-state index contributed by atoms with van der Waals surface area (Å²) in [7, 11) is 0. The Morgan fingerprint density at radius 3 is 2.92 bits per heavy atom. The van der Waals surface area contributed by atoms with E-state index in [0.717, 1.165) is 23.7 Å². The molecule has 0 heterocycles. The number of allylic oxidation sites excluding steroid dienone is 1. The van der Waals surface area contributed by atoms with Gasteiger partial charge in [0.2, 0.25) is 0 Å². The van der Waals surface area contributed by atoms with Crippen molar-refractivity contribution in [1.29, 1.82) is 0 Å². The van der Waals surface area contributed by atoms with Crippen LogP contribution in [-0.4, -0.2) is 0 Å². The lowest BCUT2D eigenvalue weighted by Gasteiger charge is -2.31. The maximum Gasteiger partial charge on any atom is -0.00466 e. The largest absolute Gasteiger partial charge is 0.122 e. The first-order valence-electron chi connectivity index (χ1n) is 5.43. The third-order valence-electron chi connectivity index (χ3n) is 4.74. The van der Waals surface area contributed by atoms with Crippen molar-refractivity contribution in [3.8, 4) is 0 Å². The predicted octanol–water partition coefficient (Wildman–Crippen LogP) is 2.91. The normalized spacial score (nSPS) is 52.7. The zero-order valence-electron chi connectivity index (χ0n) is 7.34. The van der Waals surface area contributed by atoms with Crippen LogP contribution in [0, 0.1) is 23.7 Å². The van der Waals surface area contributed by atoms with Crippen LogP contribution in [-0.2, 0) is 0 Å². The van der Waals surface area contributed by atoms with E-state index in [2.05, 4.69) is 5.73 Å². The second kappa shape index (κ2) is 1.72. The Hall–Kier alpha value is -0.480. The summed E-state index contributed by atoms with van der Waals surface area (Å²) in [5.74, 6) is 4.03. The smallest absolute Gasteiger partial charge is 0.00466 e. The molecule has 0 radical (unpaired) electrons. The van der Waals surface area contributed by atoms with Crippen LogP contribution in [0.25, 0.3) is 0 Å². The van der Waals surface area contributed by atoms with Crippen molar-refractivity contribution in [3.63, 3.8) is 0 Å². The van der Waals surface area contributed by atoms with Gasteiger partial charge in [-0.3, -0.25) is 0 Å². The standard InChI is InChI=1S/C12H14/c1-3-9-8-5-11-7(1)2-4-10(9)12(11)6-8/h7,9-10,12H,1-4,6H2/t7?,9-,10?,12?/m1/s1. The molecule has 6 rings (SSSR count). The van der Waals surface area contributed by atoms with Crippen molar-refractivity contribution < 1.29 is 0 Å². The highest BCUT2D eigenvalue weighted by atomic mass is 14.5. The molecule has 0 aromatic rings. The second-order valence-corrected chi connectivity index (χ2v) is 5.04. The molecule has 0 aromatic carbocycles. The Morgan fingerprint density at radius 2 is 1.92 bits per heavy atom. The van der Waals surface area contributed by atoms with Crippen LogP contribution >= 0.6 is 0 Å². The van der Waals surface area contributed by atoms with Gasteiger partial charge >= 0.3 is 0 Å². The van der Waals surface area contributed by atoms with Gasteiger partial charge in [0.05, 0.1) is 0 Å². The Labute approximate surface area is 73.4 Å². The molecule has 6 aliphatic rings. The highest BCUT2D eigenvalue weighted by molar-refractivity contribution is 5.36. The average molecular weight is 158 g/mol. The topological polar surface area (TPSA) is 0 Å². The maximum absolute atomic E-state index is 3.72. The maximum atomic E-state index is 3.72. The van der Waals surface area contributed by atoms with Crippen molar-refractivity contribution in [3.05, 3.63) is 16.9 Å². The van der Waals surface area contributed by atoms with E-state index in [1.807, 2.05) is 0 Å². The lowest BCUT2D eigenvalue weighted by atomic mass is 9.73. The van der Waals surface area contributed by atoms with E-state index in [1.54, 1.807) is 11.1 Å². The van der Waals surface area contributed by atoms with Gasteiger partial charge in [0.15, 0.2) is 0 Å². The summed E-state index contributed by atoms with van der Waals surface area (Å²) in [6.45, 7) is 0. The fraction of sp³-hybridized carbons (Fsp3) is 0.750. The highest BCUT2D eigenvalue weighted by Gasteiger charge is 2.51. The third kappa shape index (κ3) is 0.491. The number of hydrogen-bond donors (Lipinski definition) is 0. The van der Waals surface area contributed by atoms with Gasteiger partial charge in [0, 0.05) is 0 Å². The molecule has 0 aromatic heterocycles. The van der Waals surface area contributed by atoms with Crippen LogP contribution in [0.4, 0.5) is 0 Å². The summed E-state index contributed by atoms with van der Waals surface area (Å²) in [5, 5.41) is 0. The predicted molar refractivity (Wildman–Crippen MR) is 47.6 cm³/mol. The molecule has 62 valence electrons. The van der Waals surface area contributed by atoms with E-state index in [9.17, 15) is 0 Å². The van der Waals surface area contributed by atoms with Gasteiger partial charge in [-0.1, -0.05) is 0 Å². The van der Waals surface area contributed by atoms with E-state index >= 15 is 0 Å². The van der Waals surface area contributed by atoms with E-state index in [0.29, 0.717) is 0 Å². The van der Waals surface area contributed by atoms with Crippen LogP contribution in [0.2, 0.25) is 0 Å². The monoisotopic (exact) mass is 158 g/mol. The Bertz CT molecular complexity index is 311. The van der Waals surface area contributed by atoms with Crippen LogP contribution in [0.1, 0.15) is 32.1 Å². The molecule has 12 heavy (non-hydrogen) atoms. The lowest BCUT2D eigenvalue weighted by molar-refractivity contribution is 0.287. The van der Waals surface area contributed by atoms with Crippen molar-refractivity contribution in [2.75, 3.05) is 0 Å². The molecule has 3 unspecified atom stereocenters. The first kappa shape index (κ1) is 6.05. The molecule has 0 nitrogen and oxygen atoms in total. The van der Waals surface area contributed by atoms with Gasteiger partial charge in [-0.05, 0) is 66.9 Å². The Morgan fingerprint density at radius 1 is 1.00 bits per heavy atom. The van der Waals surface area contributed by atoms with Crippen LogP contribution < -0.4 is 0 Å². The molecule has 6 bridgehead atoms. The Kier molecular flexibility index (Phi) is 0.869. The van der Waals surface area contributed by atoms with Crippen molar-refractivity contribution in [2.45, 2.75) is 32.1 Å². The molecule has 0 amide bonds. The molecule has 4 atom stereocenters. The van der Waals surface area contributed by atoms with Gasteiger partial charge in [-0.15, -0.1) is 5.73 Å². The minimum atomic E-state index is 0.969. The second-order valence-electron chi connectivity index (χ2n) is 5.04. The summed E-state index contributed by atoms with van der Waals surface area (Å²) in [4.78, 5) is 0. The lowest BCUT2D eigenvalue weighted by Crippen LogP contribution is -2.23. The third-order valence-corrected chi connectivity index (χ3v) is 4.74. The summed E-state index contributed by atoms with van der Waals surface area (Å²) in [6, 6.07) is 0. The average Bonchev–Trinajstić information content (AvgIpc) is 2.47. The fourth-order valence-corrected chi connectivity index (χ4v) is 4.27. The van der Waals surface area contributed by atoms with E-state index in [4.69, 9.17) is 0 Å². The van der Waals surface area contributed by atoms with Crippen molar-refractivity contribution >= 4 is 0 Å². The molecule has 0 aliphatic heterocycles. The van der Waals surface area contributed by atoms with Gasteiger partial charge in [-0.25, -0.2) is 0 Å². The zero-order chi connectivity index (χ0) is 7.71. The summed E-state index contributed by atoms with van der Waals surface area (Å²) in [6.07, 6.45) is 7.43. The van der Waals surface area contributed by atoms with Crippen LogP contribution in [0.3, 0.4) is 0 Å². The summed E-state index contributed by atoms with van der Waals surface area (Å²) >= 11 is 0. The van der Waals surface area contributed by atoms with Crippen molar-refractivity contribution in [2.24, 2.45) is 23.7 Å². The summed E-state index contributed by atoms with van der Waals surface area (Å²) < 4.78 is 0. The molecule has 4 saturated carbocycles. The molecule has 0 spiro atoms. The van der Waals surface area contributed by atoms with E-state index in [-0.39, 0.29) is 0 Å². The van der Waals surface area contributed by atoms with Crippen LogP contribution in [0.15, 0.2) is 16.9 Å². The SMILES string of the molecule is C1=C2C3CCC4C2CC=1[C@H]4CC3. The molecular formula is C12H14. The Balaban J connectivity index is 2.01. The van der Waals surface area contributed by atoms with Gasteiger partial charge < -0.3 is 0 Å². The molecule has 0 heteroatoms. The molecule has 0 N–H and O–H groups in total. The quantitative estimate of drug-likeness (QED) is 0.475. The molecule has 6 aliphatic carbocycles. The van der Waals surface area contributed by atoms with Gasteiger partial charge in [0.1, 0.15) is 0 Å². The minimum Gasteiger partial charge on any atom is -0.122 e. The van der Waals surface area contributed by atoms with Crippen LogP contribution in [0.5, 0.6) is 0 Å². The van der Waals surface area contributed by atoms with Gasteiger partial charge in [0.25, 0.3) is 0 Å². The first-order valence-corrected chi connectivity index (χ1v) is 5.43. The van der Waals surface area contributed by atoms with E-state index in [1.165, 1.54) is 32.1 Å². The number of rotatable bonds is 0. The first-order chi connectivity index (χ1) is 5.93. The van der Waals surface area contributed by atoms with E-state index < -0.39 is 0 Å². The minimum absolute atomic E-state index is 0.969. The highest BCUT2D eigenvalue weighted by Crippen LogP contribution is 2.61. The van der Waals surface area contributed by atoms with Gasteiger partial charge in [-0.2, -0.15) is 0 Å². The summed E-state index contributed by atoms with van der Waals surface area (Å²) in [5.41, 5.74) is 7.20. The number of fused-ring (bicyclic) bond motifs is 1. The molecule has 0 saturated heterocycles. The zero-order valence-corrected chi connectivity index (χ0v) is 7.34. The molecular weight excluding hydrogens is 144 g/mol. The molecule has 4 fully saturated rings. The van der Waals surface area contributed by atoms with Crippen molar-refractivity contribution in [1.82, 2.24) is 0 Å². The number of hydrogen-bond acceptors (Lipinski definition) is 0. The fourth-order valence-electron chi connectivity index (χ4n) is 4.27.